The molecule has 2 rings (SSSR count). The van der Waals surface area contributed by atoms with Crippen molar-refractivity contribution in [3.63, 3.8) is 0 Å². The molecule has 0 spiro atoms. The second-order valence-electron chi connectivity index (χ2n) is 4.71. The maximum Gasteiger partial charge on any atom is 0.120 e. The number of H-pyrrole nitrogens is 1. The molecule has 0 unspecified atom stereocenters. The Labute approximate surface area is 107 Å². The van der Waals surface area contributed by atoms with Crippen molar-refractivity contribution in [2.45, 2.75) is 34.1 Å². The Balaban J connectivity index is 2.59. The maximum atomic E-state index is 8.69. The van der Waals surface area contributed by atoms with E-state index in [9.17, 15) is 0 Å². The zero-order valence-corrected chi connectivity index (χ0v) is 11.3. The van der Waals surface area contributed by atoms with Crippen LogP contribution in [0.25, 0.3) is 11.3 Å². The van der Waals surface area contributed by atoms with Crippen LogP contribution in [0.2, 0.25) is 0 Å². The molecule has 3 heteroatoms. The number of nitrogens with one attached hydrogen (secondary N) is 1. The highest BCUT2D eigenvalue weighted by atomic mass is 14.9. The van der Waals surface area contributed by atoms with Crippen LogP contribution in [0.3, 0.4) is 0 Å². The zero-order valence-electron chi connectivity index (χ0n) is 11.3. The molecule has 1 aromatic carbocycles. The molecule has 18 heavy (non-hydrogen) atoms. The lowest BCUT2D eigenvalue weighted by Crippen LogP contribution is -1.95. The lowest BCUT2D eigenvalue weighted by Gasteiger charge is -2.13. The average Bonchev–Trinajstić information content (AvgIpc) is 2.76. The van der Waals surface area contributed by atoms with Crippen molar-refractivity contribution in [3.8, 4) is 17.3 Å². The molecule has 0 saturated heterocycles. The van der Waals surface area contributed by atoms with Crippen LogP contribution in [0.1, 0.15) is 28.1 Å². The molecule has 0 atom stereocenters. The number of imidazole rings is 1. The number of aryl methyl sites for hydroxylation is 2. The first kappa shape index (κ1) is 12.4. The van der Waals surface area contributed by atoms with Gasteiger partial charge in [-0.05, 0) is 49.9 Å². The number of benzene rings is 1. The predicted octanol–water partition coefficient (Wildman–Crippen LogP) is 3.38. The van der Waals surface area contributed by atoms with Crippen LogP contribution < -0.4 is 0 Å². The van der Waals surface area contributed by atoms with Gasteiger partial charge in [-0.3, -0.25) is 0 Å². The van der Waals surface area contributed by atoms with Crippen LogP contribution >= 0.6 is 0 Å². The van der Waals surface area contributed by atoms with E-state index in [-0.39, 0.29) is 0 Å². The number of rotatable bonds is 2. The van der Waals surface area contributed by atoms with Gasteiger partial charge in [0.25, 0.3) is 0 Å². The Bertz CT molecular complexity index is 604. The lowest BCUT2D eigenvalue weighted by atomic mass is 9.93. The molecule has 0 amide bonds. The SMILES string of the molecule is Cc1cc(C)c(C)c(-c2cnc(CC#N)[nH]2)c1C. The Morgan fingerprint density at radius 2 is 1.78 bits per heavy atom. The number of nitriles is 1. The number of hydrogen-bond acceptors (Lipinski definition) is 2. The average molecular weight is 239 g/mol. The third-order valence-electron chi connectivity index (χ3n) is 3.51. The molecular formula is C15H17N3. The standard InChI is InChI=1S/C15H17N3/c1-9-7-10(2)12(4)15(11(9)3)13-8-17-14(18-13)5-6-16/h7-8H,5H2,1-4H3,(H,17,18). The molecule has 0 saturated carbocycles. The van der Waals surface area contributed by atoms with Gasteiger partial charge in [0, 0.05) is 5.56 Å². The predicted molar refractivity (Wildman–Crippen MR) is 72.3 cm³/mol. The van der Waals surface area contributed by atoms with Crippen molar-refractivity contribution >= 4 is 0 Å². The highest BCUT2D eigenvalue weighted by Crippen LogP contribution is 2.30. The van der Waals surface area contributed by atoms with Gasteiger partial charge in [-0.2, -0.15) is 5.26 Å². The quantitative estimate of drug-likeness (QED) is 0.873. The van der Waals surface area contributed by atoms with E-state index in [2.05, 4.69) is 49.8 Å². The van der Waals surface area contributed by atoms with Crippen molar-refractivity contribution in [2.75, 3.05) is 0 Å². The van der Waals surface area contributed by atoms with E-state index in [1.807, 2.05) is 6.20 Å². The summed E-state index contributed by atoms with van der Waals surface area (Å²) in [7, 11) is 0. The summed E-state index contributed by atoms with van der Waals surface area (Å²) in [6.45, 7) is 8.50. The molecule has 0 aliphatic carbocycles. The molecular weight excluding hydrogens is 222 g/mol. The normalized spacial score (nSPS) is 10.4. The minimum atomic E-state index is 0.322. The van der Waals surface area contributed by atoms with Gasteiger partial charge in [-0.25, -0.2) is 4.98 Å². The highest BCUT2D eigenvalue weighted by molar-refractivity contribution is 5.70. The van der Waals surface area contributed by atoms with E-state index in [4.69, 9.17) is 5.26 Å². The van der Waals surface area contributed by atoms with Gasteiger partial charge in [0.2, 0.25) is 0 Å². The van der Waals surface area contributed by atoms with Crippen LogP contribution in [-0.4, -0.2) is 9.97 Å². The third kappa shape index (κ3) is 2.02. The molecule has 92 valence electrons. The van der Waals surface area contributed by atoms with Crippen LogP contribution in [0.15, 0.2) is 12.3 Å². The summed E-state index contributed by atoms with van der Waals surface area (Å²) in [5.41, 5.74) is 7.32. The maximum absolute atomic E-state index is 8.69. The smallest absolute Gasteiger partial charge is 0.120 e. The van der Waals surface area contributed by atoms with Gasteiger partial charge >= 0.3 is 0 Å². The fourth-order valence-corrected chi connectivity index (χ4v) is 2.28. The first-order valence-corrected chi connectivity index (χ1v) is 6.03. The van der Waals surface area contributed by atoms with E-state index >= 15 is 0 Å². The molecule has 0 aliphatic rings. The number of aromatic nitrogens is 2. The van der Waals surface area contributed by atoms with Crippen molar-refractivity contribution in [2.24, 2.45) is 0 Å². The van der Waals surface area contributed by atoms with Gasteiger partial charge in [0.05, 0.1) is 24.4 Å². The van der Waals surface area contributed by atoms with Crippen LogP contribution in [0, 0.1) is 39.0 Å². The highest BCUT2D eigenvalue weighted by Gasteiger charge is 2.12. The monoisotopic (exact) mass is 239 g/mol. The summed E-state index contributed by atoms with van der Waals surface area (Å²) in [6.07, 6.45) is 2.14. The second-order valence-corrected chi connectivity index (χ2v) is 4.71. The van der Waals surface area contributed by atoms with Gasteiger partial charge in [-0.1, -0.05) is 6.07 Å². The Morgan fingerprint density at radius 1 is 1.17 bits per heavy atom. The Hall–Kier alpha value is -2.08. The summed E-state index contributed by atoms with van der Waals surface area (Å²) in [5.74, 6) is 0.727. The molecule has 1 N–H and O–H groups in total. The summed E-state index contributed by atoms with van der Waals surface area (Å²) in [4.78, 5) is 7.48. The first-order valence-electron chi connectivity index (χ1n) is 6.03. The van der Waals surface area contributed by atoms with E-state index in [0.29, 0.717) is 6.42 Å². The summed E-state index contributed by atoms with van der Waals surface area (Å²) >= 11 is 0. The van der Waals surface area contributed by atoms with Crippen LogP contribution in [-0.2, 0) is 6.42 Å². The fourth-order valence-electron chi connectivity index (χ4n) is 2.28. The molecule has 2 aromatic rings. The van der Waals surface area contributed by atoms with Crippen molar-refractivity contribution in [1.82, 2.24) is 9.97 Å². The third-order valence-corrected chi connectivity index (χ3v) is 3.51. The van der Waals surface area contributed by atoms with E-state index < -0.39 is 0 Å². The molecule has 0 aliphatic heterocycles. The topological polar surface area (TPSA) is 52.5 Å². The van der Waals surface area contributed by atoms with Gasteiger partial charge in [-0.15, -0.1) is 0 Å². The molecule has 3 nitrogen and oxygen atoms in total. The van der Waals surface area contributed by atoms with Crippen LogP contribution in [0.5, 0.6) is 0 Å². The molecule has 1 aromatic heterocycles. The van der Waals surface area contributed by atoms with E-state index in [1.54, 1.807) is 0 Å². The van der Waals surface area contributed by atoms with Gasteiger partial charge in [0.1, 0.15) is 5.82 Å². The van der Waals surface area contributed by atoms with Crippen LogP contribution in [0.4, 0.5) is 0 Å². The number of aromatic amines is 1. The fraction of sp³-hybridized carbons (Fsp3) is 0.333. The summed E-state index contributed by atoms with van der Waals surface area (Å²) in [6, 6.07) is 4.32. The summed E-state index contributed by atoms with van der Waals surface area (Å²) in [5, 5.41) is 8.69. The number of hydrogen-bond donors (Lipinski definition) is 1. The van der Waals surface area contributed by atoms with Crippen molar-refractivity contribution in [1.29, 1.82) is 5.26 Å². The van der Waals surface area contributed by atoms with Gasteiger partial charge in [0.15, 0.2) is 0 Å². The lowest BCUT2D eigenvalue weighted by molar-refractivity contribution is 1.06. The number of nitrogens with zero attached hydrogens (tertiary/aromatic N) is 2. The molecule has 0 bridgehead atoms. The van der Waals surface area contributed by atoms with E-state index in [0.717, 1.165) is 11.5 Å². The minimum Gasteiger partial charge on any atom is -0.341 e. The zero-order chi connectivity index (χ0) is 13.3. The first-order chi connectivity index (χ1) is 8.54. The van der Waals surface area contributed by atoms with Crippen molar-refractivity contribution in [3.05, 3.63) is 40.3 Å². The molecule has 0 fully saturated rings. The molecule has 1 heterocycles. The Kier molecular flexibility index (Phi) is 3.20. The Morgan fingerprint density at radius 3 is 2.33 bits per heavy atom. The largest absolute Gasteiger partial charge is 0.341 e. The van der Waals surface area contributed by atoms with E-state index in [1.165, 1.54) is 27.8 Å². The minimum absolute atomic E-state index is 0.322. The molecule has 0 radical (unpaired) electrons. The van der Waals surface area contributed by atoms with Gasteiger partial charge < -0.3 is 4.98 Å². The summed E-state index contributed by atoms with van der Waals surface area (Å²) < 4.78 is 0. The second kappa shape index (κ2) is 4.66. The van der Waals surface area contributed by atoms with Crippen molar-refractivity contribution < 1.29 is 0 Å².